The minimum atomic E-state index is -0.373. The molecule has 0 radical (unpaired) electrons. The minimum absolute atomic E-state index is 0.322. The lowest BCUT2D eigenvalue weighted by molar-refractivity contribution is 0.131. The summed E-state index contributed by atoms with van der Waals surface area (Å²) in [5.41, 5.74) is 0.818. The zero-order chi connectivity index (χ0) is 13.7. The van der Waals surface area contributed by atoms with Crippen molar-refractivity contribution in [3.8, 4) is 0 Å². The highest BCUT2D eigenvalue weighted by molar-refractivity contribution is 5.19. The topological polar surface area (TPSA) is 24.1 Å². The van der Waals surface area contributed by atoms with Crippen LogP contribution in [0.25, 0.3) is 0 Å². The van der Waals surface area contributed by atoms with E-state index in [1.54, 1.807) is 0 Å². The van der Waals surface area contributed by atoms with E-state index in [9.17, 15) is 8.78 Å². The van der Waals surface area contributed by atoms with Gasteiger partial charge >= 0.3 is 0 Å². The Bertz CT molecular complexity index is 417. The zero-order valence-corrected chi connectivity index (χ0v) is 11.4. The van der Waals surface area contributed by atoms with Crippen LogP contribution in [0.1, 0.15) is 24.8 Å². The molecule has 2 rings (SSSR count). The van der Waals surface area contributed by atoms with E-state index in [2.05, 4.69) is 10.6 Å². The fourth-order valence-corrected chi connectivity index (χ4v) is 2.78. The lowest BCUT2D eigenvalue weighted by Crippen LogP contribution is -2.46. The molecule has 0 aromatic heterocycles. The van der Waals surface area contributed by atoms with Crippen LogP contribution in [0.5, 0.6) is 0 Å². The van der Waals surface area contributed by atoms with E-state index >= 15 is 0 Å². The summed E-state index contributed by atoms with van der Waals surface area (Å²) < 4.78 is 26.4. The van der Waals surface area contributed by atoms with Gasteiger partial charge in [0.25, 0.3) is 0 Å². The Hall–Kier alpha value is -1.00. The maximum atomic E-state index is 13.4. The quantitative estimate of drug-likeness (QED) is 0.742. The van der Waals surface area contributed by atoms with Crippen molar-refractivity contribution in [2.75, 3.05) is 26.7 Å². The summed E-state index contributed by atoms with van der Waals surface area (Å²) in [4.78, 5) is 0. The summed E-state index contributed by atoms with van der Waals surface area (Å²) in [6.45, 7) is 2.66. The van der Waals surface area contributed by atoms with Crippen LogP contribution in [0.4, 0.5) is 8.78 Å². The molecule has 19 heavy (non-hydrogen) atoms. The number of hydrogen-bond acceptors (Lipinski definition) is 2. The molecule has 1 aliphatic carbocycles. The predicted octanol–water partition coefficient (Wildman–Crippen LogP) is 2.49. The van der Waals surface area contributed by atoms with Gasteiger partial charge in [-0.2, -0.15) is 0 Å². The highest BCUT2D eigenvalue weighted by Crippen LogP contribution is 2.39. The summed E-state index contributed by atoms with van der Waals surface area (Å²) in [5.74, 6) is -0.696. The van der Waals surface area contributed by atoms with Gasteiger partial charge in [0.15, 0.2) is 0 Å². The molecule has 0 aliphatic heterocycles. The number of benzene rings is 1. The van der Waals surface area contributed by atoms with E-state index in [0.717, 1.165) is 19.2 Å². The molecule has 0 bridgehead atoms. The van der Waals surface area contributed by atoms with Crippen LogP contribution in [0.2, 0.25) is 0 Å². The first-order valence-corrected chi connectivity index (χ1v) is 6.94. The standard InChI is InChI=1S/C15H22F2N2/c1-18-10-15(6-2-7-15)11-19-8-5-12-9-13(16)3-4-14(12)17/h3-4,9,18-19H,2,5-8,10-11H2,1H3. The Kier molecular flexibility index (Phi) is 4.88. The normalized spacial score (nSPS) is 17.2. The smallest absolute Gasteiger partial charge is 0.126 e. The van der Waals surface area contributed by atoms with E-state index in [1.165, 1.54) is 31.4 Å². The van der Waals surface area contributed by atoms with Gasteiger partial charge in [-0.1, -0.05) is 6.42 Å². The second kappa shape index (κ2) is 6.44. The van der Waals surface area contributed by atoms with Gasteiger partial charge in [0, 0.05) is 13.1 Å². The summed E-state index contributed by atoms with van der Waals surface area (Å²) in [7, 11) is 1.97. The first kappa shape index (κ1) is 14.4. The summed E-state index contributed by atoms with van der Waals surface area (Å²) in [6.07, 6.45) is 4.31. The maximum Gasteiger partial charge on any atom is 0.126 e. The highest BCUT2D eigenvalue weighted by Gasteiger charge is 2.35. The predicted molar refractivity (Wildman–Crippen MR) is 73.1 cm³/mol. The Morgan fingerprint density at radius 3 is 2.63 bits per heavy atom. The minimum Gasteiger partial charge on any atom is -0.319 e. The second-order valence-corrected chi connectivity index (χ2v) is 5.55. The van der Waals surface area contributed by atoms with Crippen LogP contribution in [0.15, 0.2) is 18.2 Å². The number of nitrogens with one attached hydrogen (secondary N) is 2. The van der Waals surface area contributed by atoms with Gasteiger partial charge in [0.1, 0.15) is 11.6 Å². The van der Waals surface area contributed by atoms with Crippen molar-refractivity contribution in [1.82, 2.24) is 10.6 Å². The third-order valence-electron chi connectivity index (χ3n) is 4.04. The van der Waals surface area contributed by atoms with Crippen LogP contribution in [0, 0.1) is 17.0 Å². The average molecular weight is 268 g/mol. The number of halogens is 2. The average Bonchev–Trinajstić information content (AvgIpc) is 2.35. The molecule has 0 spiro atoms. The van der Waals surface area contributed by atoms with E-state index in [1.807, 2.05) is 7.05 Å². The maximum absolute atomic E-state index is 13.4. The third-order valence-corrected chi connectivity index (χ3v) is 4.04. The number of rotatable bonds is 7. The van der Waals surface area contributed by atoms with Gasteiger partial charge in [-0.05, 0) is 62.0 Å². The van der Waals surface area contributed by atoms with Crippen molar-refractivity contribution >= 4 is 0 Å². The highest BCUT2D eigenvalue weighted by atomic mass is 19.1. The van der Waals surface area contributed by atoms with E-state index in [4.69, 9.17) is 0 Å². The van der Waals surface area contributed by atoms with Gasteiger partial charge in [-0.25, -0.2) is 8.78 Å². The van der Waals surface area contributed by atoms with Gasteiger partial charge in [-0.15, -0.1) is 0 Å². The second-order valence-electron chi connectivity index (χ2n) is 5.55. The van der Waals surface area contributed by atoms with E-state index < -0.39 is 0 Å². The molecule has 1 saturated carbocycles. The zero-order valence-electron chi connectivity index (χ0n) is 11.4. The first-order valence-electron chi connectivity index (χ1n) is 6.94. The van der Waals surface area contributed by atoms with Gasteiger partial charge in [0.2, 0.25) is 0 Å². The van der Waals surface area contributed by atoms with Crippen molar-refractivity contribution in [2.45, 2.75) is 25.7 Å². The first-order chi connectivity index (χ1) is 9.15. The third kappa shape index (κ3) is 3.74. The molecule has 1 aromatic rings. The summed E-state index contributed by atoms with van der Waals surface area (Å²) >= 11 is 0. The van der Waals surface area contributed by atoms with Gasteiger partial charge < -0.3 is 10.6 Å². The van der Waals surface area contributed by atoms with Crippen LogP contribution < -0.4 is 10.6 Å². The van der Waals surface area contributed by atoms with Crippen molar-refractivity contribution < 1.29 is 8.78 Å². The molecule has 1 aromatic carbocycles. The Labute approximate surface area is 113 Å². The fourth-order valence-electron chi connectivity index (χ4n) is 2.78. The molecule has 1 aliphatic rings. The van der Waals surface area contributed by atoms with E-state index in [-0.39, 0.29) is 11.6 Å². The molecule has 2 N–H and O–H groups in total. The lowest BCUT2D eigenvalue weighted by Gasteiger charge is -2.42. The van der Waals surface area contributed by atoms with Crippen LogP contribution >= 0.6 is 0 Å². The van der Waals surface area contributed by atoms with Gasteiger partial charge in [-0.3, -0.25) is 0 Å². The summed E-state index contributed by atoms with van der Waals surface area (Å²) in [6, 6.07) is 3.63. The van der Waals surface area contributed by atoms with Crippen LogP contribution in [0.3, 0.4) is 0 Å². The number of hydrogen-bond donors (Lipinski definition) is 2. The molecule has 0 saturated heterocycles. The molecular formula is C15H22F2N2. The Balaban J connectivity index is 1.76. The van der Waals surface area contributed by atoms with Gasteiger partial charge in [0.05, 0.1) is 0 Å². The van der Waals surface area contributed by atoms with Crippen molar-refractivity contribution in [1.29, 1.82) is 0 Å². The molecule has 1 fully saturated rings. The van der Waals surface area contributed by atoms with E-state index in [0.29, 0.717) is 23.9 Å². The molecule has 0 heterocycles. The molecule has 4 heteroatoms. The summed E-state index contributed by atoms with van der Waals surface area (Å²) in [5, 5.41) is 6.62. The molecule has 0 unspecified atom stereocenters. The molecule has 106 valence electrons. The lowest BCUT2D eigenvalue weighted by atomic mass is 9.68. The Morgan fingerprint density at radius 1 is 1.21 bits per heavy atom. The van der Waals surface area contributed by atoms with Crippen molar-refractivity contribution in [3.05, 3.63) is 35.4 Å². The SMILES string of the molecule is CNCC1(CNCCc2cc(F)ccc2F)CCC1. The molecule has 0 atom stereocenters. The molecule has 2 nitrogen and oxygen atoms in total. The Morgan fingerprint density at radius 2 is 2.00 bits per heavy atom. The van der Waals surface area contributed by atoms with Crippen molar-refractivity contribution in [2.24, 2.45) is 5.41 Å². The van der Waals surface area contributed by atoms with Crippen molar-refractivity contribution in [3.63, 3.8) is 0 Å². The van der Waals surface area contributed by atoms with Crippen LogP contribution in [-0.4, -0.2) is 26.7 Å². The molecular weight excluding hydrogens is 246 g/mol. The monoisotopic (exact) mass is 268 g/mol. The largest absolute Gasteiger partial charge is 0.319 e. The fraction of sp³-hybridized carbons (Fsp3) is 0.600. The molecule has 0 amide bonds. The van der Waals surface area contributed by atoms with Crippen LogP contribution in [-0.2, 0) is 6.42 Å².